The number of carboxylic acids is 1. The number of carbonyl (C=O) groups is 1. The summed E-state index contributed by atoms with van der Waals surface area (Å²) >= 11 is 0. The number of nitrogens with one attached hydrogen (secondary N) is 1. The Balaban J connectivity index is 1.86. The van der Waals surface area contributed by atoms with Crippen LogP contribution in [0, 0.1) is 0 Å². The van der Waals surface area contributed by atoms with Crippen LogP contribution in [0.1, 0.15) is 42.7 Å². The Bertz CT molecular complexity index is 380. The van der Waals surface area contributed by atoms with Crippen molar-refractivity contribution in [2.45, 2.75) is 38.0 Å². The molecule has 1 heterocycles. The highest BCUT2D eigenvalue weighted by Crippen LogP contribution is 2.25. The lowest BCUT2D eigenvalue weighted by atomic mass is 9.89. The van der Waals surface area contributed by atoms with E-state index in [2.05, 4.69) is 29.6 Å². The van der Waals surface area contributed by atoms with Gasteiger partial charge in [0, 0.05) is 6.42 Å². The maximum atomic E-state index is 10.4. The van der Waals surface area contributed by atoms with Crippen LogP contribution in [0.2, 0.25) is 0 Å². The van der Waals surface area contributed by atoms with Crippen molar-refractivity contribution < 1.29 is 9.90 Å². The average Bonchev–Trinajstić information content (AvgIpc) is 2.40. The summed E-state index contributed by atoms with van der Waals surface area (Å²) < 4.78 is 0. The fourth-order valence-electron chi connectivity index (χ4n) is 2.56. The summed E-state index contributed by atoms with van der Waals surface area (Å²) in [6.07, 6.45) is 4.29. The molecule has 18 heavy (non-hydrogen) atoms. The Morgan fingerprint density at radius 2 is 1.89 bits per heavy atom. The first kappa shape index (κ1) is 13.1. The third kappa shape index (κ3) is 3.84. The third-order valence-corrected chi connectivity index (χ3v) is 3.65. The molecule has 0 spiro atoms. The summed E-state index contributed by atoms with van der Waals surface area (Å²) in [6.45, 7) is 2.23. The minimum absolute atomic E-state index is 0.260. The molecule has 1 aliphatic rings. The second-order valence-corrected chi connectivity index (χ2v) is 5.01. The summed E-state index contributed by atoms with van der Waals surface area (Å²) in [7, 11) is 0. The summed E-state index contributed by atoms with van der Waals surface area (Å²) in [6, 6.07) is 8.73. The van der Waals surface area contributed by atoms with Gasteiger partial charge in [0.25, 0.3) is 0 Å². The molecule has 1 aromatic rings. The molecule has 2 rings (SSSR count). The molecular weight excluding hydrogens is 226 g/mol. The fourth-order valence-corrected chi connectivity index (χ4v) is 2.56. The Labute approximate surface area is 108 Å². The first-order valence-corrected chi connectivity index (χ1v) is 6.77. The lowest BCUT2D eigenvalue weighted by molar-refractivity contribution is -0.137. The smallest absolute Gasteiger partial charge is 0.303 e. The van der Waals surface area contributed by atoms with Crippen molar-refractivity contribution in [3.8, 4) is 0 Å². The lowest BCUT2D eigenvalue weighted by Gasteiger charge is -2.23. The van der Waals surface area contributed by atoms with E-state index in [1.54, 1.807) is 0 Å². The van der Waals surface area contributed by atoms with Crippen molar-refractivity contribution in [1.29, 1.82) is 0 Å². The van der Waals surface area contributed by atoms with Gasteiger partial charge in [0.2, 0.25) is 0 Å². The molecule has 1 aromatic carbocycles. The number of aliphatic carboxylic acids is 1. The van der Waals surface area contributed by atoms with E-state index < -0.39 is 5.97 Å². The molecule has 1 fully saturated rings. The highest BCUT2D eigenvalue weighted by molar-refractivity contribution is 5.66. The molecule has 0 unspecified atom stereocenters. The zero-order chi connectivity index (χ0) is 12.8. The molecule has 0 saturated carbocycles. The fraction of sp³-hybridized carbons (Fsp3) is 0.533. The normalized spacial score (nSPS) is 16.7. The van der Waals surface area contributed by atoms with Gasteiger partial charge in [-0.25, -0.2) is 0 Å². The minimum atomic E-state index is -0.707. The molecular formula is C15H21NO2. The van der Waals surface area contributed by atoms with Crippen LogP contribution < -0.4 is 5.32 Å². The Hall–Kier alpha value is -1.35. The van der Waals surface area contributed by atoms with Crippen LogP contribution in [-0.2, 0) is 11.2 Å². The first-order chi connectivity index (χ1) is 8.75. The van der Waals surface area contributed by atoms with E-state index in [1.165, 1.54) is 24.0 Å². The van der Waals surface area contributed by atoms with Gasteiger partial charge in [-0.3, -0.25) is 4.79 Å². The second-order valence-electron chi connectivity index (χ2n) is 5.01. The molecule has 1 saturated heterocycles. The standard InChI is InChI=1S/C15H21NO2/c17-15(18)3-1-2-12-4-6-13(7-5-12)14-8-10-16-11-9-14/h4-7,14,16H,1-3,8-11H2,(H,17,18). The number of aryl methyl sites for hydroxylation is 1. The number of benzene rings is 1. The van der Waals surface area contributed by atoms with Crippen LogP contribution in [0.5, 0.6) is 0 Å². The van der Waals surface area contributed by atoms with Gasteiger partial charge in [0.1, 0.15) is 0 Å². The largest absolute Gasteiger partial charge is 0.481 e. The number of piperidine rings is 1. The molecule has 0 aliphatic carbocycles. The van der Waals surface area contributed by atoms with E-state index in [9.17, 15) is 4.79 Å². The van der Waals surface area contributed by atoms with E-state index in [-0.39, 0.29) is 6.42 Å². The minimum Gasteiger partial charge on any atom is -0.481 e. The van der Waals surface area contributed by atoms with Crippen LogP contribution in [0.3, 0.4) is 0 Å². The van der Waals surface area contributed by atoms with Crippen molar-refractivity contribution >= 4 is 5.97 Å². The molecule has 0 amide bonds. The number of carboxylic acid groups (broad SMARTS) is 1. The highest BCUT2D eigenvalue weighted by Gasteiger charge is 2.14. The molecule has 1 aliphatic heterocycles. The van der Waals surface area contributed by atoms with Gasteiger partial charge >= 0.3 is 5.97 Å². The Morgan fingerprint density at radius 3 is 2.50 bits per heavy atom. The SMILES string of the molecule is O=C(O)CCCc1ccc(C2CCNCC2)cc1. The van der Waals surface area contributed by atoms with Gasteiger partial charge in [0.05, 0.1) is 0 Å². The van der Waals surface area contributed by atoms with Crippen LogP contribution in [0.4, 0.5) is 0 Å². The molecule has 3 heteroatoms. The number of hydrogen-bond donors (Lipinski definition) is 2. The molecule has 0 atom stereocenters. The summed E-state index contributed by atoms with van der Waals surface area (Å²) in [5.74, 6) is -0.0133. The van der Waals surface area contributed by atoms with Crippen molar-refractivity contribution in [2.75, 3.05) is 13.1 Å². The van der Waals surface area contributed by atoms with Crippen molar-refractivity contribution in [1.82, 2.24) is 5.32 Å². The molecule has 0 bridgehead atoms. The molecule has 3 nitrogen and oxygen atoms in total. The molecule has 0 radical (unpaired) electrons. The van der Waals surface area contributed by atoms with E-state index in [4.69, 9.17) is 5.11 Å². The van der Waals surface area contributed by atoms with Crippen LogP contribution in [0.15, 0.2) is 24.3 Å². The quantitative estimate of drug-likeness (QED) is 0.840. The van der Waals surface area contributed by atoms with Crippen molar-refractivity contribution in [3.05, 3.63) is 35.4 Å². The number of rotatable bonds is 5. The van der Waals surface area contributed by atoms with Crippen LogP contribution >= 0.6 is 0 Å². The topological polar surface area (TPSA) is 49.3 Å². The third-order valence-electron chi connectivity index (χ3n) is 3.65. The highest BCUT2D eigenvalue weighted by atomic mass is 16.4. The predicted octanol–water partition coefficient (Wildman–Crippen LogP) is 2.56. The van der Waals surface area contributed by atoms with Gasteiger partial charge in [-0.05, 0) is 55.8 Å². The zero-order valence-corrected chi connectivity index (χ0v) is 10.7. The van der Waals surface area contributed by atoms with E-state index in [0.717, 1.165) is 25.9 Å². The van der Waals surface area contributed by atoms with Gasteiger partial charge in [-0.2, -0.15) is 0 Å². The molecule has 2 N–H and O–H groups in total. The zero-order valence-electron chi connectivity index (χ0n) is 10.7. The predicted molar refractivity (Wildman–Crippen MR) is 71.9 cm³/mol. The van der Waals surface area contributed by atoms with Crippen LogP contribution in [-0.4, -0.2) is 24.2 Å². The summed E-state index contributed by atoms with van der Waals surface area (Å²) in [5.41, 5.74) is 2.67. The summed E-state index contributed by atoms with van der Waals surface area (Å²) in [4.78, 5) is 10.4. The van der Waals surface area contributed by atoms with Gasteiger partial charge < -0.3 is 10.4 Å². The lowest BCUT2D eigenvalue weighted by Crippen LogP contribution is -2.26. The van der Waals surface area contributed by atoms with E-state index >= 15 is 0 Å². The van der Waals surface area contributed by atoms with Gasteiger partial charge in [-0.15, -0.1) is 0 Å². The van der Waals surface area contributed by atoms with Gasteiger partial charge in [0.15, 0.2) is 0 Å². The first-order valence-electron chi connectivity index (χ1n) is 6.77. The van der Waals surface area contributed by atoms with Crippen LogP contribution in [0.25, 0.3) is 0 Å². The van der Waals surface area contributed by atoms with E-state index in [1.807, 2.05) is 0 Å². The van der Waals surface area contributed by atoms with Crippen molar-refractivity contribution in [2.24, 2.45) is 0 Å². The van der Waals surface area contributed by atoms with Gasteiger partial charge in [-0.1, -0.05) is 24.3 Å². The van der Waals surface area contributed by atoms with E-state index in [0.29, 0.717) is 5.92 Å². The molecule has 98 valence electrons. The monoisotopic (exact) mass is 247 g/mol. The Morgan fingerprint density at radius 1 is 1.22 bits per heavy atom. The second kappa shape index (κ2) is 6.55. The maximum Gasteiger partial charge on any atom is 0.303 e. The maximum absolute atomic E-state index is 10.4. The summed E-state index contributed by atoms with van der Waals surface area (Å²) in [5, 5.41) is 12.0. The average molecular weight is 247 g/mol. The van der Waals surface area contributed by atoms with Crippen molar-refractivity contribution in [3.63, 3.8) is 0 Å². The Kier molecular flexibility index (Phi) is 4.76. The molecule has 0 aromatic heterocycles. The number of hydrogen-bond acceptors (Lipinski definition) is 2.